The summed E-state index contributed by atoms with van der Waals surface area (Å²) in [5.74, 6) is 0.871. The van der Waals surface area contributed by atoms with Crippen LogP contribution in [-0.4, -0.2) is 11.5 Å². The monoisotopic (exact) mass is 219 g/mol. The lowest BCUT2D eigenvalue weighted by molar-refractivity contribution is -0.00000244. The van der Waals surface area contributed by atoms with Crippen molar-refractivity contribution in [2.75, 3.05) is 7.11 Å². The Morgan fingerprint density at radius 1 is 1.50 bits per heavy atom. The van der Waals surface area contributed by atoms with Gasteiger partial charge >= 0.3 is 10.3 Å². The molecule has 0 aliphatic carbocycles. The summed E-state index contributed by atoms with van der Waals surface area (Å²) >= 11 is 0. The van der Waals surface area contributed by atoms with Gasteiger partial charge in [-0.25, -0.2) is 0 Å². The van der Waals surface area contributed by atoms with E-state index in [0.29, 0.717) is 0 Å². The predicted octanol–water partition coefficient (Wildman–Crippen LogP) is -0.349. The summed E-state index contributed by atoms with van der Waals surface area (Å²) in [6, 6.07) is 5.93. The second-order valence-corrected chi connectivity index (χ2v) is 3.97. The normalized spacial score (nSPS) is 9.42. The van der Waals surface area contributed by atoms with Crippen molar-refractivity contribution in [2.24, 2.45) is 0 Å². The van der Waals surface area contributed by atoms with Gasteiger partial charge in [0.2, 0.25) is 0 Å². The van der Waals surface area contributed by atoms with Crippen LogP contribution in [0.4, 0.5) is 0 Å². The fourth-order valence-electron chi connectivity index (χ4n) is 0.865. The largest absolute Gasteiger partial charge is 1.00 e. The Morgan fingerprint density at radius 2 is 2.33 bits per heavy atom. The van der Waals surface area contributed by atoms with Gasteiger partial charge in [-0.1, -0.05) is 0 Å². The first-order valence-electron chi connectivity index (χ1n) is 3.13. The van der Waals surface area contributed by atoms with E-state index >= 15 is 0 Å². The van der Waals surface area contributed by atoms with E-state index in [2.05, 4.69) is 4.37 Å². The molecule has 1 aromatic heterocycles. The van der Waals surface area contributed by atoms with Gasteiger partial charge in [-0.05, 0) is 6.07 Å². The van der Waals surface area contributed by atoms with Gasteiger partial charge in [0.25, 0.3) is 15.2 Å². The average Bonchev–Trinajstić information content (AvgIpc) is 2.50. The smallest absolute Gasteiger partial charge is 0.323 e. The van der Waals surface area contributed by atoms with Gasteiger partial charge in [0.1, 0.15) is 5.75 Å². The molecule has 0 bridgehead atoms. The molecule has 0 atom stereocenters. The highest BCUT2D eigenvalue weighted by Crippen LogP contribution is 2.25. The molecule has 0 aliphatic heterocycles. The van der Waals surface area contributed by atoms with E-state index in [9.17, 15) is 0 Å². The van der Waals surface area contributed by atoms with Crippen LogP contribution in [0.25, 0.3) is 10.2 Å². The van der Waals surface area contributed by atoms with Crippen molar-refractivity contribution < 1.29 is 17.1 Å². The van der Waals surface area contributed by atoms with E-state index in [1.807, 2.05) is 18.2 Å². The zero-order valence-electron chi connectivity index (χ0n) is 6.28. The Hall–Kier alpha value is -0.450. The maximum atomic E-state index is 5.06. The third kappa shape index (κ3) is 1.65. The highest BCUT2D eigenvalue weighted by Gasteiger charge is 2.08. The fourth-order valence-corrected chi connectivity index (χ4v) is 2.60. The molecule has 0 saturated heterocycles. The molecule has 2 rings (SSSR count). The first-order valence-corrected chi connectivity index (χ1v) is 5.23. The maximum Gasteiger partial charge on any atom is 0.323 e. The number of hydrogen-bond donors (Lipinski definition) is 0. The van der Waals surface area contributed by atoms with E-state index in [1.54, 1.807) is 17.5 Å². The summed E-state index contributed by atoms with van der Waals surface area (Å²) in [6.45, 7) is 0. The molecular formula is C7H6ClNOS2. The second-order valence-electron chi connectivity index (χ2n) is 2.08. The first kappa shape index (κ1) is 9.64. The number of nitrogens with zero attached hydrogens (tertiary/aromatic N) is 1. The molecule has 0 radical (unpaired) electrons. The molecule has 1 heterocycles. The number of halogens is 1. The molecule has 0 amide bonds. The number of aromatic nitrogens is 1. The topological polar surface area (TPSA) is 22.1 Å². The molecule has 0 aliphatic rings. The van der Waals surface area contributed by atoms with Crippen LogP contribution in [0.15, 0.2) is 18.2 Å². The lowest BCUT2D eigenvalue weighted by Crippen LogP contribution is -3.00. The van der Waals surface area contributed by atoms with Gasteiger partial charge in [-0.2, -0.15) is 0 Å². The van der Waals surface area contributed by atoms with E-state index in [4.69, 9.17) is 4.74 Å². The number of fused-ring (bicyclic) bond motifs is 1. The summed E-state index contributed by atoms with van der Waals surface area (Å²) in [5.41, 5.74) is 1.03. The summed E-state index contributed by atoms with van der Waals surface area (Å²) in [5, 5.41) is 0. The van der Waals surface area contributed by atoms with Gasteiger partial charge in [0, 0.05) is 12.1 Å². The molecule has 0 unspecified atom stereocenters. The molecule has 5 heteroatoms. The van der Waals surface area contributed by atoms with Crippen molar-refractivity contribution in [3.8, 4) is 5.75 Å². The molecule has 2 nitrogen and oxygen atoms in total. The maximum absolute atomic E-state index is 5.06. The van der Waals surface area contributed by atoms with Crippen molar-refractivity contribution in [1.82, 2.24) is 4.37 Å². The third-order valence-electron chi connectivity index (χ3n) is 1.43. The number of methoxy groups -OCH3 is 1. The van der Waals surface area contributed by atoms with Crippen LogP contribution in [0.5, 0.6) is 5.75 Å². The number of ether oxygens (including phenoxy) is 1. The standard InChI is InChI=1S/C7H6NOS2.ClH/c1-9-5-2-3-7-6(4-5)8-11-10-7;/h2-4H,1H3;1H/q+1;/p-1. The van der Waals surface area contributed by atoms with Crippen molar-refractivity contribution in [1.29, 1.82) is 0 Å². The number of benzene rings is 1. The second kappa shape index (κ2) is 3.98. The van der Waals surface area contributed by atoms with Crippen LogP contribution < -0.4 is 17.1 Å². The predicted molar refractivity (Wildman–Crippen MR) is 48.5 cm³/mol. The highest BCUT2D eigenvalue weighted by molar-refractivity contribution is 7.69. The number of hydrogen-bond acceptors (Lipinski definition) is 3. The van der Waals surface area contributed by atoms with Crippen LogP contribution in [0.2, 0.25) is 0 Å². The summed E-state index contributed by atoms with van der Waals surface area (Å²) < 4.78 is 10.5. The average molecular weight is 220 g/mol. The zero-order valence-corrected chi connectivity index (χ0v) is 8.67. The molecule has 0 N–H and O–H groups in total. The van der Waals surface area contributed by atoms with Gasteiger partial charge < -0.3 is 17.1 Å². The molecule has 0 fully saturated rings. The van der Waals surface area contributed by atoms with Crippen LogP contribution >= 0.6 is 20.9 Å². The lowest BCUT2D eigenvalue weighted by atomic mass is 10.3. The Morgan fingerprint density at radius 3 is 3.08 bits per heavy atom. The van der Waals surface area contributed by atoms with Gasteiger partial charge in [0.15, 0.2) is 5.52 Å². The van der Waals surface area contributed by atoms with Gasteiger partial charge in [0.05, 0.1) is 7.11 Å². The van der Waals surface area contributed by atoms with E-state index in [1.165, 1.54) is 15.2 Å². The lowest BCUT2D eigenvalue weighted by Gasteiger charge is -1.93. The summed E-state index contributed by atoms with van der Waals surface area (Å²) in [4.78, 5) is 0. The van der Waals surface area contributed by atoms with Crippen LogP contribution in [0.3, 0.4) is 0 Å². The molecule has 64 valence electrons. The molecule has 0 saturated carbocycles. The quantitative estimate of drug-likeness (QED) is 0.483. The molecule has 12 heavy (non-hydrogen) atoms. The zero-order chi connectivity index (χ0) is 7.68. The van der Waals surface area contributed by atoms with Crippen molar-refractivity contribution in [2.45, 2.75) is 0 Å². The SMILES string of the molecule is COc1ccc2[s+]snc2c1.[Cl-]. The van der Waals surface area contributed by atoms with Crippen molar-refractivity contribution >= 4 is 31.1 Å². The Balaban J connectivity index is 0.000000720. The molecule has 0 spiro atoms. The van der Waals surface area contributed by atoms with E-state index in [0.717, 1.165) is 11.3 Å². The molecule has 1 aromatic carbocycles. The van der Waals surface area contributed by atoms with E-state index in [-0.39, 0.29) is 12.4 Å². The van der Waals surface area contributed by atoms with Crippen molar-refractivity contribution in [3.05, 3.63) is 18.2 Å². The highest BCUT2D eigenvalue weighted by atomic mass is 35.5. The Labute approximate surface area is 83.8 Å². The number of rotatable bonds is 1. The minimum atomic E-state index is 0. The van der Waals surface area contributed by atoms with E-state index < -0.39 is 0 Å². The summed E-state index contributed by atoms with van der Waals surface area (Å²) in [7, 11) is 4.85. The van der Waals surface area contributed by atoms with Crippen LogP contribution in [0.1, 0.15) is 0 Å². The Bertz CT molecular complexity index is 376. The third-order valence-corrected chi connectivity index (χ3v) is 3.29. The molecule has 2 aromatic rings. The van der Waals surface area contributed by atoms with Gasteiger partial charge in [-0.15, -0.1) is 4.37 Å². The van der Waals surface area contributed by atoms with Gasteiger partial charge in [-0.3, -0.25) is 0 Å². The minimum absolute atomic E-state index is 0. The molecular weight excluding hydrogens is 214 g/mol. The van der Waals surface area contributed by atoms with Crippen LogP contribution in [0, 0.1) is 0 Å². The Kier molecular flexibility index (Phi) is 3.20. The first-order chi connectivity index (χ1) is 5.40. The van der Waals surface area contributed by atoms with Crippen molar-refractivity contribution in [3.63, 3.8) is 0 Å². The van der Waals surface area contributed by atoms with Crippen LogP contribution in [-0.2, 0) is 0 Å². The fraction of sp³-hybridized carbons (Fsp3) is 0.143. The minimum Gasteiger partial charge on any atom is -1.00 e. The summed E-state index contributed by atoms with van der Waals surface area (Å²) in [6.07, 6.45) is 0.